The summed E-state index contributed by atoms with van der Waals surface area (Å²) in [4.78, 5) is 11.6. The Morgan fingerprint density at radius 1 is 1.52 bits per heavy atom. The van der Waals surface area contributed by atoms with Gasteiger partial charge < -0.3 is 16.3 Å². The molecule has 0 bridgehead atoms. The Bertz CT molecular complexity index is 673. The molecule has 7 nitrogen and oxygen atoms in total. The largest absolute Gasteiger partial charge is 0.409 e. The van der Waals surface area contributed by atoms with Crippen LogP contribution in [0, 0.1) is 5.82 Å². The number of benzene rings is 1. The maximum Gasteiger partial charge on any atom is 0.238 e. The second kappa shape index (κ2) is 6.53. The highest BCUT2D eigenvalue weighted by Gasteiger charge is 2.23. The van der Waals surface area contributed by atoms with Gasteiger partial charge >= 0.3 is 0 Å². The minimum atomic E-state index is -3.50. The molecule has 0 aromatic heterocycles. The van der Waals surface area contributed by atoms with Gasteiger partial charge in [-0.1, -0.05) is 17.3 Å². The van der Waals surface area contributed by atoms with Gasteiger partial charge in [-0.15, -0.1) is 0 Å². The molecule has 0 fully saturated rings. The van der Waals surface area contributed by atoms with E-state index in [2.05, 4.69) is 10.5 Å². The zero-order valence-corrected chi connectivity index (χ0v) is 12.3. The maximum atomic E-state index is 13.8. The van der Waals surface area contributed by atoms with E-state index in [9.17, 15) is 17.6 Å². The summed E-state index contributed by atoms with van der Waals surface area (Å²) in [5.41, 5.74) is 5.66. The third-order valence-electron chi connectivity index (χ3n) is 2.92. The lowest BCUT2D eigenvalue weighted by molar-refractivity contribution is -0.120. The Hall–Kier alpha value is -2.16. The van der Waals surface area contributed by atoms with Crippen LogP contribution in [-0.4, -0.2) is 36.9 Å². The first kappa shape index (κ1) is 16.9. The van der Waals surface area contributed by atoms with Crippen molar-refractivity contribution >= 4 is 21.6 Å². The predicted molar refractivity (Wildman–Crippen MR) is 75.1 cm³/mol. The third-order valence-corrected chi connectivity index (χ3v) is 4.42. The standard InChI is InChI=1S/C12H16FN3O4S/c1-7(21(2,19)20)12(17)15-6-9-4-3-8(5-10(9)13)11(14)16-18/h3-5,7,18H,6H2,1-2H3,(H2,14,16)(H,15,17). The normalized spacial score (nSPS) is 13.8. The summed E-state index contributed by atoms with van der Waals surface area (Å²) in [6.07, 6.45) is 0.948. The van der Waals surface area contributed by atoms with E-state index < -0.39 is 26.8 Å². The van der Waals surface area contributed by atoms with E-state index in [1.54, 1.807) is 0 Å². The van der Waals surface area contributed by atoms with Crippen LogP contribution in [0.25, 0.3) is 0 Å². The number of sulfone groups is 1. The molecule has 21 heavy (non-hydrogen) atoms. The molecule has 0 heterocycles. The molecule has 0 aliphatic carbocycles. The van der Waals surface area contributed by atoms with E-state index in [0.29, 0.717) is 0 Å². The Morgan fingerprint density at radius 3 is 2.62 bits per heavy atom. The highest BCUT2D eigenvalue weighted by Crippen LogP contribution is 2.11. The highest BCUT2D eigenvalue weighted by molar-refractivity contribution is 7.92. The second-order valence-electron chi connectivity index (χ2n) is 4.48. The van der Waals surface area contributed by atoms with Gasteiger partial charge in [0.25, 0.3) is 0 Å². The van der Waals surface area contributed by atoms with E-state index in [4.69, 9.17) is 10.9 Å². The Morgan fingerprint density at radius 2 is 2.14 bits per heavy atom. The second-order valence-corrected chi connectivity index (χ2v) is 6.85. The van der Waals surface area contributed by atoms with Crippen molar-refractivity contribution in [2.75, 3.05) is 6.26 Å². The Kier molecular flexibility index (Phi) is 5.25. The van der Waals surface area contributed by atoms with Gasteiger partial charge in [0.05, 0.1) is 0 Å². The number of amidine groups is 1. The van der Waals surface area contributed by atoms with Gasteiger partial charge in [-0.05, 0) is 13.0 Å². The number of amides is 1. The van der Waals surface area contributed by atoms with Gasteiger partial charge in [0.15, 0.2) is 15.7 Å². The SMILES string of the molecule is CC(C(=O)NCc1ccc(/C(N)=N/O)cc1F)S(C)(=O)=O. The number of nitrogens with one attached hydrogen (secondary N) is 1. The molecule has 1 aromatic rings. The van der Waals surface area contributed by atoms with Crippen LogP contribution in [0.5, 0.6) is 0 Å². The zero-order valence-electron chi connectivity index (χ0n) is 11.5. The summed E-state index contributed by atoms with van der Waals surface area (Å²) in [7, 11) is -3.50. The quantitative estimate of drug-likeness (QED) is 0.305. The molecular weight excluding hydrogens is 301 g/mol. The van der Waals surface area contributed by atoms with Crippen molar-refractivity contribution in [1.82, 2.24) is 5.32 Å². The number of nitrogens with zero attached hydrogens (tertiary/aromatic N) is 1. The molecule has 0 spiro atoms. The lowest BCUT2D eigenvalue weighted by atomic mass is 10.1. The van der Waals surface area contributed by atoms with Crippen LogP contribution in [0.1, 0.15) is 18.1 Å². The number of hydrogen-bond donors (Lipinski definition) is 3. The van der Waals surface area contributed by atoms with Gasteiger partial charge in [-0.2, -0.15) is 0 Å². The molecule has 0 saturated heterocycles. The fraction of sp³-hybridized carbons (Fsp3) is 0.333. The molecule has 1 aromatic carbocycles. The fourth-order valence-electron chi connectivity index (χ4n) is 1.43. The molecule has 1 amide bonds. The predicted octanol–water partition coefficient (Wildman–Crippen LogP) is -0.0305. The zero-order chi connectivity index (χ0) is 16.2. The van der Waals surface area contributed by atoms with Gasteiger partial charge in [0.2, 0.25) is 5.91 Å². The topological polar surface area (TPSA) is 122 Å². The van der Waals surface area contributed by atoms with Crippen molar-refractivity contribution in [3.05, 3.63) is 35.1 Å². The van der Waals surface area contributed by atoms with Crippen molar-refractivity contribution in [2.45, 2.75) is 18.7 Å². The van der Waals surface area contributed by atoms with Crippen molar-refractivity contribution in [2.24, 2.45) is 10.9 Å². The van der Waals surface area contributed by atoms with Crippen LogP contribution >= 0.6 is 0 Å². The highest BCUT2D eigenvalue weighted by atomic mass is 32.2. The molecule has 0 aliphatic rings. The summed E-state index contributed by atoms with van der Waals surface area (Å²) in [5.74, 6) is -1.61. The van der Waals surface area contributed by atoms with Gasteiger partial charge in [0.1, 0.15) is 11.1 Å². The van der Waals surface area contributed by atoms with Crippen molar-refractivity contribution < 1.29 is 22.8 Å². The number of halogens is 1. The third kappa shape index (κ3) is 4.42. The molecule has 4 N–H and O–H groups in total. The number of nitrogens with two attached hydrogens (primary N) is 1. The summed E-state index contributed by atoms with van der Waals surface area (Å²) in [5, 5.41) is 12.4. The molecule has 0 aliphatic heterocycles. The van der Waals surface area contributed by atoms with Gasteiger partial charge in [0, 0.05) is 23.9 Å². The number of rotatable bonds is 5. The van der Waals surface area contributed by atoms with E-state index in [0.717, 1.165) is 12.3 Å². The molecule has 0 saturated carbocycles. The summed E-state index contributed by atoms with van der Waals surface area (Å²) in [6.45, 7) is 1.09. The minimum Gasteiger partial charge on any atom is -0.409 e. The Labute approximate surface area is 121 Å². The molecular formula is C12H16FN3O4S. The van der Waals surface area contributed by atoms with Crippen LogP contribution in [0.4, 0.5) is 4.39 Å². The first-order chi connectivity index (χ1) is 9.66. The minimum absolute atomic E-state index is 0.151. The average molecular weight is 317 g/mol. The number of hydrogen-bond acceptors (Lipinski definition) is 5. The molecule has 9 heteroatoms. The van der Waals surface area contributed by atoms with Crippen molar-refractivity contribution in [3.63, 3.8) is 0 Å². The number of oxime groups is 1. The van der Waals surface area contributed by atoms with Crippen LogP contribution in [0.2, 0.25) is 0 Å². The first-order valence-electron chi connectivity index (χ1n) is 5.89. The van der Waals surface area contributed by atoms with E-state index in [1.165, 1.54) is 19.1 Å². The van der Waals surface area contributed by atoms with Gasteiger partial charge in [-0.3, -0.25) is 4.79 Å². The number of carbonyl (C=O) groups excluding carboxylic acids is 1. The summed E-state index contributed by atoms with van der Waals surface area (Å²) in [6, 6.07) is 3.82. The molecule has 1 unspecified atom stereocenters. The lowest BCUT2D eigenvalue weighted by Gasteiger charge is -2.11. The molecule has 0 radical (unpaired) electrons. The van der Waals surface area contributed by atoms with E-state index >= 15 is 0 Å². The molecule has 1 rings (SSSR count). The van der Waals surface area contributed by atoms with Crippen LogP contribution in [0.15, 0.2) is 23.4 Å². The smallest absolute Gasteiger partial charge is 0.238 e. The molecule has 116 valence electrons. The summed E-state index contributed by atoms with van der Waals surface area (Å²) < 4.78 is 36.2. The lowest BCUT2D eigenvalue weighted by Crippen LogP contribution is -2.37. The number of carbonyl (C=O) groups is 1. The van der Waals surface area contributed by atoms with E-state index in [-0.39, 0.29) is 23.5 Å². The van der Waals surface area contributed by atoms with E-state index in [1.807, 2.05) is 0 Å². The average Bonchev–Trinajstić information content (AvgIpc) is 2.42. The van der Waals surface area contributed by atoms with Crippen molar-refractivity contribution in [1.29, 1.82) is 0 Å². The van der Waals surface area contributed by atoms with Crippen LogP contribution in [0.3, 0.4) is 0 Å². The fourth-order valence-corrected chi connectivity index (χ4v) is 1.90. The van der Waals surface area contributed by atoms with Crippen LogP contribution in [-0.2, 0) is 21.2 Å². The van der Waals surface area contributed by atoms with Gasteiger partial charge in [-0.25, -0.2) is 12.8 Å². The van der Waals surface area contributed by atoms with Crippen molar-refractivity contribution in [3.8, 4) is 0 Å². The monoisotopic (exact) mass is 317 g/mol. The maximum absolute atomic E-state index is 13.8. The first-order valence-corrected chi connectivity index (χ1v) is 7.85. The Balaban J connectivity index is 2.80. The summed E-state index contributed by atoms with van der Waals surface area (Å²) >= 11 is 0. The molecule has 1 atom stereocenters. The van der Waals surface area contributed by atoms with Crippen LogP contribution < -0.4 is 11.1 Å².